The van der Waals surface area contributed by atoms with Crippen molar-refractivity contribution in [3.8, 4) is 5.82 Å². The van der Waals surface area contributed by atoms with E-state index in [1.807, 2.05) is 29.7 Å². The van der Waals surface area contributed by atoms with Crippen LogP contribution in [-0.2, 0) is 6.42 Å². The maximum absolute atomic E-state index is 11.1. The zero-order chi connectivity index (χ0) is 12.4. The average molecular weight is 293 g/mol. The first kappa shape index (κ1) is 12.0. The van der Waals surface area contributed by atoms with E-state index in [9.17, 15) is 4.79 Å². The molecule has 0 saturated carbocycles. The van der Waals surface area contributed by atoms with Gasteiger partial charge in [-0.2, -0.15) is 0 Å². The minimum absolute atomic E-state index is 0.616. The van der Waals surface area contributed by atoms with Crippen molar-refractivity contribution in [1.29, 1.82) is 0 Å². The van der Waals surface area contributed by atoms with Crippen LogP contribution in [0.2, 0.25) is 0 Å². The smallest absolute Gasteiger partial charge is 0.166 e. The average Bonchev–Trinajstić information content (AvgIpc) is 2.66. The Balaban J connectivity index is 2.64. The molecule has 2 aromatic rings. The molecule has 0 bridgehead atoms. The second-order valence-corrected chi connectivity index (χ2v) is 4.72. The Kier molecular flexibility index (Phi) is 3.43. The predicted molar refractivity (Wildman–Crippen MR) is 70.8 cm³/mol. The van der Waals surface area contributed by atoms with Crippen LogP contribution in [0.4, 0.5) is 0 Å². The van der Waals surface area contributed by atoms with E-state index in [1.165, 1.54) is 0 Å². The van der Waals surface area contributed by atoms with Gasteiger partial charge in [-0.3, -0.25) is 9.36 Å². The first-order valence-corrected chi connectivity index (χ1v) is 6.25. The summed E-state index contributed by atoms with van der Waals surface area (Å²) in [4.78, 5) is 15.4. The van der Waals surface area contributed by atoms with Crippen molar-refractivity contribution in [2.75, 3.05) is 0 Å². The molecule has 0 aromatic carbocycles. The van der Waals surface area contributed by atoms with Crippen molar-refractivity contribution in [3.63, 3.8) is 0 Å². The predicted octanol–water partition coefficient (Wildman–Crippen LogP) is 3.32. The van der Waals surface area contributed by atoms with Crippen LogP contribution in [0.3, 0.4) is 0 Å². The molecular weight excluding hydrogens is 280 g/mol. The van der Waals surface area contributed by atoms with E-state index in [0.717, 1.165) is 34.3 Å². The van der Waals surface area contributed by atoms with Gasteiger partial charge in [-0.1, -0.05) is 13.0 Å². The molecule has 0 amide bonds. The minimum atomic E-state index is 0.616. The van der Waals surface area contributed by atoms with E-state index < -0.39 is 0 Å². The maximum atomic E-state index is 11.1. The largest absolute Gasteiger partial charge is 0.296 e. The minimum Gasteiger partial charge on any atom is -0.296 e. The van der Waals surface area contributed by atoms with E-state index in [1.54, 1.807) is 6.20 Å². The molecule has 88 valence electrons. The van der Waals surface area contributed by atoms with Crippen LogP contribution in [0, 0.1) is 6.92 Å². The molecule has 2 rings (SSSR count). The molecule has 0 atom stereocenters. The summed E-state index contributed by atoms with van der Waals surface area (Å²) in [6.45, 7) is 4.04. The zero-order valence-corrected chi connectivity index (χ0v) is 11.4. The first-order chi connectivity index (χ1) is 8.17. The number of rotatable bonds is 3. The summed E-state index contributed by atoms with van der Waals surface area (Å²) in [5.41, 5.74) is 2.78. The molecule has 0 aliphatic rings. The summed E-state index contributed by atoms with van der Waals surface area (Å²) < 4.78 is 2.83. The van der Waals surface area contributed by atoms with Gasteiger partial charge in [-0.05, 0) is 47.0 Å². The van der Waals surface area contributed by atoms with Crippen molar-refractivity contribution < 1.29 is 4.79 Å². The Morgan fingerprint density at radius 2 is 2.24 bits per heavy atom. The van der Waals surface area contributed by atoms with E-state index in [0.29, 0.717) is 5.69 Å². The van der Waals surface area contributed by atoms with Crippen LogP contribution in [0.5, 0.6) is 0 Å². The Hall–Kier alpha value is -1.42. The standard InChI is InChI=1S/C13H13BrN2O/c1-3-12-11(14)6-10(8-17)16(12)13-5-4-9(2)7-15-13/h4-8H,3H2,1-2H3. The van der Waals surface area contributed by atoms with Gasteiger partial charge >= 0.3 is 0 Å². The molecule has 0 radical (unpaired) electrons. The van der Waals surface area contributed by atoms with Gasteiger partial charge in [0.25, 0.3) is 0 Å². The molecule has 2 aromatic heterocycles. The van der Waals surface area contributed by atoms with Gasteiger partial charge in [0.2, 0.25) is 0 Å². The molecule has 0 aliphatic heterocycles. The molecule has 2 heterocycles. The number of aldehydes is 1. The van der Waals surface area contributed by atoms with Gasteiger partial charge in [0.15, 0.2) is 6.29 Å². The fourth-order valence-corrected chi connectivity index (χ4v) is 2.51. The van der Waals surface area contributed by atoms with Crippen LogP contribution in [0.15, 0.2) is 28.9 Å². The van der Waals surface area contributed by atoms with Gasteiger partial charge in [0.05, 0.1) is 5.69 Å². The highest BCUT2D eigenvalue weighted by Crippen LogP contribution is 2.24. The molecule has 0 fully saturated rings. The molecule has 4 heteroatoms. The van der Waals surface area contributed by atoms with Crippen LogP contribution >= 0.6 is 15.9 Å². The molecular formula is C13H13BrN2O. The maximum Gasteiger partial charge on any atom is 0.166 e. The van der Waals surface area contributed by atoms with Gasteiger partial charge in [0, 0.05) is 16.4 Å². The van der Waals surface area contributed by atoms with Crippen LogP contribution in [-0.4, -0.2) is 15.8 Å². The third-order valence-corrected chi connectivity index (χ3v) is 3.35. The fourth-order valence-electron chi connectivity index (χ4n) is 1.82. The Bertz CT molecular complexity index is 543. The third kappa shape index (κ3) is 2.17. The number of aromatic nitrogens is 2. The SMILES string of the molecule is CCc1c(Br)cc(C=O)n1-c1ccc(C)cn1. The summed E-state index contributed by atoms with van der Waals surface area (Å²) in [5.74, 6) is 0.778. The van der Waals surface area contributed by atoms with E-state index in [2.05, 4.69) is 27.8 Å². The second kappa shape index (κ2) is 4.84. The highest BCUT2D eigenvalue weighted by atomic mass is 79.9. The highest BCUT2D eigenvalue weighted by Gasteiger charge is 2.13. The number of hydrogen-bond donors (Lipinski definition) is 0. The first-order valence-electron chi connectivity index (χ1n) is 5.45. The summed E-state index contributed by atoms with van der Waals surface area (Å²) in [6, 6.07) is 5.74. The van der Waals surface area contributed by atoms with E-state index in [4.69, 9.17) is 0 Å². The normalized spacial score (nSPS) is 10.5. The summed E-state index contributed by atoms with van der Waals surface area (Å²) in [6.07, 6.45) is 3.49. The lowest BCUT2D eigenvalue weighted by Crippen LogP contribution is -2.05. The summed E-state index contributed by atoms with van der Waals surface area (Å²) >= 11 is 3.47. The van der Waals surface area contributed by atoms with Gasteiger partial charge in [-0.25, -0.2) is 4.98 Å². The topological polar surface area (TPSA) is 34.9 Å². The molecule has 0 saturated heterocycles. The number of pyridine rings is 1. The number of carbonyl (C=O) groups excluding carboxylic acids is 1. The molecule has 17 heavy (non-hydrogen) atoms. The van der Waals surface area contributed by atoms with Crippen molar-refractivity contribution in [1.82, 2.24) is 9.55 Å². The Labute approximate surface area is 109 Å². The summed E-state index contributed by atoms with van der Waals surface area (Å²) in [5, 5.41) is 0. The van der Waals surface area contributed by atoms with Crippen LogP contribution in [0.25, 0.3) is 5.82 Å². The third-order valence-electron chi connectivity index (χ3n) is 2.66. The number of aryl methyl sites for hydroxylation is 1. The van der Waals surface area contributed by atoms with Crippen molar-refractivity contribution in [3.05, 3.63) is 45.8 Å². The van der Waals surface area contributed by atoms with Gasteiger partial charge in [0.1, 0.15) is 5.82 Å². The van der Waals surface area contributed by atoms with E-state index >= 15 is 0 Å². The molecule has 3 nitrogen and oxygen atoms in total. The van der Waals surface area contributed by atoms with Crippen molar-refractivity contribution in [2.24, 2.45) is 0 Å². The highest BCUT2D eigenvalue weighted by molar-refractivity contribution is 9.10. The zero-order valence-electron chi connectivity index (χ0n) is 9.77. The van der Waals surface area contributed by atoms with Crippen LogP contribution < -0.4 is 0 Å². The fraction of sp³-hybridized carbons (Fsp3) is 0.231. The van der Waals surface area contributed by atoms with Crippen molar-refractivity contribution >= 4 is 22.2 Å². The monoisotopic (exact) mass is 292 g/mol. The molecule has 0 spiro atoms. The molecule has 0 aliphatic carbocycles. The lowest BCUT2D eigenvalue weighted by atomic mass is 10.3. The molecule has 0 unspecified atom stereocenters. The van der Waals surface area contributed by atoms with Gasteiger partial charge < -0.3 is 0 Å². The van der Waals surface area contributed by atoms with E-state index in [-0.39, 0.29) is 0 Å². The number of hydrogen-bond acceptors (Lipinski definition) is 2. The number of halogens is 1. The lowest BCUT2D eigenvalue weighted by molar-refractivity contribution is 0.111. The summed E-state index contributed by atoms with van der Waals surface area (Å²) in [7, 11) is 0. The number of nitrogens with zero attached hydrogens (tertiary/aromatic N) is 2. The van der Waals surface area contributed by atoms with Gasteiger partial charge in [-0.15, -0.1) is 0 Å². The quantitative estimate of drug-likeness (QED) is 0.814. The Morgan fingerprint density at radius 3 is 2.76 bits per heavy atom. The van der Waals surface area contributed by atoms with Crippen LogP contribution in [0.1, 0.15) is 28.7 Å². The second-order valence-electron chi connectivity index (χ2n) is 3.86. The molecule has 0 N–H and O–H groups in total. The number of carbonyl (C=O) groups is 1. The van der Waals surface area contributed by atoms with Crippen molar-refractivity contribution in [2.45, 2.75) is 20.3 Å². The lowest BCUT2D eigenvalue weighted by Gasteiger charge is -2.09. The Morgan fingerprint density at radius 1 is 1.47 bits per heavy atom.